The number of phenols is 1. The summed E-state index contributed by atoms with van der Waals surface area (Å²) < 4.78 is 11.6. The molecule has 2 aliphatic heterocycles. The molecule has 26 heavy (non-hydrogen) atoms. The van der Waals surface area contributed by atoms with E-state index in [1.807, 2.05) is 32.9 Å². The van der Waals surface area contributed by atoms with E-state index in [9.17, 15) is 9.90 Å². The number of carbonyl (C=O) groups excluding carboxylic acids is 1. The number of nitrogens with two attached hydrogens (primary N) is 1. The van der Waals surface area contributed by atoms with Crippen molar-refractivity contribution in [3.05, 3.63) is 28.8 Å². The van der Waals surface area contributed by atoms with Gasteiger partial charge in [0.05, 0.1) is 18.3 Å². The van der Waals surface area contributed by atoms with Gasteiger partial charge in [0.25, 0.3) is 0 Å². The molecule has 3 N–H and O–H groups in total. The third kappa shape index (κ3) is 3.81. The summed E-state index contributed by atoms with van der Waals surface area (Å²) in [4.78, 5) is 13.8. The molecule has 2 atom stereocenters. The lowest BCUT2D eigenvalue weighted by Gasteiger charge is -2.40. The van der Waals surface area contributed by atoms with E-state index in [1.54, 1.807) is 4.90 Å². The van der Waals surface area contributed by atoms with Crippen molar-refractivity contribution in [1.82, 2.24) is 4.90 Å². The molecule has 6 heteroatoms. The Labute approximate surface area is 155 Å². The number of fused-ring (bicyclic) bond motifs is 1. The molecule has 6 nitrogen and oxygen atoms in total. The van der Waals surface area contributed by atoms with E-state index < -0.39 is 0 Å². The van der Waals surface area contributed by atoms with Gasteiger partial charge in [0.1, 0.15) is 5.75 Å². The monoisotopic (exact) mass is 362 g/mol. The second-order valence-electron chi connectivity index (χ2n) is 7.66. The predicted octanol–water partition coefficient (Wildman–Crippen LogP) is 2.90. The van der Waals surface area contributed by atoms with Crippen molar-refractivity contribution in [2.75, 3.05) is 19.6 Å². The molecule has 0 bridgehead atoms. The molecule has 1 aromatic rings. The number of aromatic hydroxyl groups is 1. The highest BCUT2D eigenvalue weighted by molar-refractivity contribution is 5.67. The maximum Gasteiger partial charge on any atom is 0.410 e. The fourth-order valence-corrected chi connectivity index (χ4v) is 4.01. The molecule has 0 saturated carbocycles. The Bertz CT molecular complexity index is 653. The van der Waals surface area contributed by atoms with Crippen LogP contribution in [0.3, 0.4) is 0 Å². The Kier molecular flexibility index (Phi) is 5.73. The molecular weight excluding hydrogens is 332 g/mol. The summed E-state index contributed by atoms with van der Waals surface area (Å²) in [7, 11) is 0. The first-order valence-corrected chi connectivity index (χ1v) is 9.53. The number of aryl methyl sites for hydroxylation is 1. The van der Waals surface area contributed by atoms with E-state index in [-0.39, 0.29) is 24.4 Å². The van der Waals surface area contributed by atoms with Gasteiger partial charge in [-0.25, -0.2) is 4.79 Å². The molecule has 2 aliphatic rings. The molecule has 1 fully saturated rings. The van der Waals surface area contributed by atoms with Gasteiger partial charge in [0.15, 0.2) is 0 Å². The van der Waals surface area contributed by atoms with Crippen LogP contribution in [0.1, 0.15) is 49.5 Å². The summed E-state index contributed by atoms with van der Waals surface area (Å²) in [5, 5.41) is 10.5. The maximum absolute atomic E-state index is 12.1. The van der Waals surface area contributed by atoms with Gasteiger partial charge in [0, 0.05) is 31.6 Å². The number of nitrogens with zero attached hydrogens (tertiary/aromatic N) is 1. The molecule has 0 unspecified atom stereocenters. The van der Waals surface area contributed by atoms with Crippen LogP contribution in [0.25, 0.3) is 0 Å². The molecular formula is C20H30N2O4. The first-order chi connectivity index (χ1) is 12.4. The molecule has 0 radical (unpaired) electrons. The first kappa shape index (κ1) is 19.0. The quantitative estimate of drug-likeness (QED) is 0.864. The van der Waals surface area contributed by atoms with Crippen molar-refractivity contribution in [3.63, 3.8) is 0 Å². The van der Waals surface area contributed by atoms with Crippen LogP contribution < -0.4 is 5.73 Å². The summed E-state index contributed by atoms with van der Waals surface area (Å²) in [5.41, 5.74) is 8.79. The smallest absolute Gasteiger partial charge is 0.410 e. The highest BCUT2D eigenvalue weighted by Crippen LogP contribution is 2.40. The molecule has 1 amide bonds. The highest BCUT2D eigenvalue weighted by Gasteiger charge is 2.36. The van der Waals surface area contributed by atoms with Crippen LogP contribution in [0, 0.1) is 12.8 Å². The molecule has 0 aromatic heterocycles. The van der Waals surface area contributed by atoms with Crippen molar-refractivity contribution in [2.24, 2.45) is 11.7 Å². The fourth-order valence-electron chi connectivity index (χ4n) is 4.01. The average Bonchev–Trinajstić information content (AvgIpc) is 2.63. The number of piperidine rings is 1. The Balaban J connectivity index is 1.68. The lowest BCUT2D eigenvalue weighted by atomic mass is 9.83. The van der Waals surface area contributed by atoms with Gasteiger partial charge in [-0.3, -0.25) is 0 Å². The summed E-state index contributed by atoms with van der Waals surface area (Å²) in [6, 6.07) is 3.93. The van der Waals surface area contributed by atoms with Gasteiger partial charge >= 0.3 is 6.09 Å². The first-order valence-electron chi connectivity index (χ1n) is 9.53. The van der Waals surface area contributed by atoms with E-state index in [2.05, 4.69) is 0 Å². The normalized spacial score (nSPS) is 23.8. The summed E-state index contributed by atoms with van der Waals surface area (Å²) >= 11 is 0. The molecule has 3 rings (SSSR count). The molecule has 0 spiro atoms. The van der Waals surface area contributed by atoms with Crippen molar-refractivity contribution in [3.8, 4) is 5.75 Å². The Morgan fingerprint density at radius 2 is 2.08 bits per heavy atom. The zero-order chi connectivity index (χ0) is 18.8. The number of likely N-dealkylation sites (tertiary alicyclic amines) is 1. The summed E-state index contributed by atoms with van der Waals surface area (Å²) in [6.07, 6.45) is 1.94. The SMILES string of the molecule is Cc1ccc2c(c1O)C[C@@H](C1CCN(C(=O)OC(C)C)CC1)O[C@H]2CN. The highest BCUT2D eigenvalue weighted by atomic mass is 16.6. The van der Waals surface area contributed by atoms with Crippen molar-refractivity contribution in [1.29, 1.82) is 0 Å². The number of benzene rings is 1. The third-order valence-electron chi connectivity index (χ3n) is 5.49. The topological polar surface area (TPSA) is 85.0 Å². The Hall–Kier alpha value is -1.79. The second kappa shape index (κ2) is 7.84. The number of rotatable bonds is 3. The van der Waals surface area contributed by atoms with Crippen LogP contribution in [0.2, 0.25) is 0 Å². The van der Waals surface area contributed by atoms with Gasteiger partial charge in [-0.2, -0.15) is 0 Å². The largest absolute Gasteiger partial charge is 0.507 e. The van der Waals surface area contributed by atoms with Crippen LogP contribution in [0.15, 0.2) is 12.1 Å². The van der Waals surface area contributed by atoms with Crippen LogP contribution >= 0.6 is 0 Å². The van der Waals surface area contributed by atoms with Gasteiger partial charge in [-0.05, 0) is 50.7 Å². The standard InChI is InChI=1S/C20H30N2O4/c1-12(2)25-20(24)22-8-6-14(7-9-22)17-10-16-15(18(11-21)26-17)5-4-13(3)19(16)23/h4-5,12,14,17-18,23H,6-11,21H2,1-3H3/t17-,18-/m0/s1. The maximum atomic E-state index is 12.1. The minimum absolute atomic E-state index is 0.0204. The van der Waals surface area contributed by atoms with Crippen LogP contribution in [0.4, 0.5) is 4.79 Å². The van der Waals surface area contributed by atoms with E-state index in [0.717, 1.165) is 29.5 Å². The average molecular weight is 362 g/mol. The fraction of sp³-hybridized carbons (Fsp3) is 0.650. The number of ether oxygens (including phenoxy) is 2. The van der Waals surface area contributed by atoms with Crippen LogP contribution in [-0.4, -0.2) is 47.9 Å². The number of carbonyl (C=O) groups is 1. The van der Waals surface area contributed by atoms with Gasteiger partial charge in [0.2, 0.25) is 0 Å². The van der Waals surface area contributed by atoms with E-state index in [4.69, 9.17) is 15.2 Å². The summed E-state index contributed by atoms with van der Waals surface area (Å²) in [6.45, 7) is 7.38. The third-order valence-corrected chi connectivity index (χ3v) is 5.49. The Morgan fingerprint density at radius 1 is 1.38 bits per heavy atom. The minimum Gasteiger partial charge on any atom is -0.507 e. The Morgan fingerprint density at radius 3 is 2.69 bits per heavy atom. The zero-order valence-electron chi connectivity index (χ0n) is 15.9. The number of hydrogen-bond donors (Lipinski definition) is 2. The lowest BCUT2D eigenvalue weighted by Crippen LogP contribution is -2.44. The van der Waals surface area contributed by atoms with Gasteiger partial charge < -0.3 is 25.2 Å². The van der Waals surface area contributed by atoms with Crippen molar-refractivity contribution < 1.29 is 19.4 Å². The van der Waals surface area contributed by atoms with Crippen molar-refractivity contribution in [2.45, 2.75) is 58.3 Å². The summed E-state index contributed by atoms with van der Waals surface area (Å²) in [5.74, 6) is 0.715. The van der Waals surface area contributed by atoms with E-state index >= 15 is 0 Å². The van der Waals surface area contributed by atoms with Gasteiger partial charge in [-0.15, -0.1) is 0 Å². The van der Waals surface area contributed by atoms with Crippen molar-refractivity contribution >= 4 is 6.09 Å². The predicted molar refractivity (Wildman–Crippen MR) is 99.1 cm³/mol. The molecule has 1 aromatic carbocycles. The van der Waals surface area contributed by atoms with E-state index in [1.165, 1.54) is 0 Å². The van der Waals surface area contributed by atoms with Crippen LogP contribution in [-0.2, 0) is 15.9 Å². The molecule has 1 saturated heterocycles. The minimum atomic E-state index is -0.235. The molecule has 2 heterocycles. The second-order valence-corrected chi connectivity index (χ2v) is 7.66. The zero-order valence-corrected chi connectivity index (χ0v) is 15.9. The number of phenolic OH excluding ortho intramolecular Hbond substituents is 1. The molecule has 144 valence electrons. The lowest BCUT2D eigenvalue weighted by molar-refractivity contribution is -0.0644. The molecule has 0 aliphatic carbocycles. The van der Waals surface area contributed by atoms with Crippen LogP contribution in [0.5, 0.6) is 5.75 Å². The van der Waals surface area contributed by atoms with Gasteiger partial charge in [-0.1, -0.05) is 12.1 Å². The van der Waals surface area contributed by atoms with E-state index in [0.29, 0.717) is 37.7 Å². The number of amides is 1. The number of hydrogen-bond acceptors (Lipinski definition) is 5.